The summed E-state index contributed by atoms with van der Waals surface area (Å²) < 4.78 is 0. The van der Waals surface area contributed by atoms with Crippen LogP contribution in [-0.4, -0.2) is 18.1 Å². The van der Waals surface area contributed by atoms with Gasteiger partial charge >= 0.3 is 0 Å². The van der Waals surface area contributed by atoms with Gasteiger partial charge in [-0.05, 0) is 82.7 Å². The number of nitrogens with one attached hydrogen (secondary N) is 1. The lowest BCUT2D eigenvalue weighted by atomic mass is 9.78. The lowest BCUT2D eigenvalue weighted by Crippen LogP contribution is -2.51. The van der Waals surface area contributed by atoms with Gasteiger partial charge in [-0.2, -0.15) is 0 Å². The fraction of sp³-hybridized carbons (Fsp3) is 0.700. The third-order valence-corrected chi connectivity index (χ3v) is 4.99. The topological polar surface area (TPSA) is 15.3 Å². The van der Waals surface area contributed by atoms with Crippen LogP contribution in [0.3, 0.4) is 0 Å². The molecule has 2 heteroatoms. The SMILES string of the molecule is CCCNCc1cc2c(cc1C)N(C(C)C)C(C)(C)C[C@H]2C. The molecule has 2 nitrogen and oxygen atoms in total. The van der Waals surface area contributed by atoms with Crippen molar-refractivity contribution in [1.29, 1.82) is 0 Å². The monoisotopic (exact) mass is 302 g/mol. The highest BCUT2D eigenvalue weighted by Crippen LogP contribution is 2.45. The summed E-state index contributed by atoms with van der Waals surface area (Å²) in [7, 11) is 0. The van der Waals surface area contributed by atoms with E-state index in [1.165, 1.54) is 35.2 Å². The predicted octanol–water partition coefficient (Wildman–Crippen LogP) is 5.00. The lowest BCUT2D eigenvalue weighted by Gasteiger charge is -2.50. The van der Waals surface area contributed by atoms with Gasteiger partial charge in [0.05, 0.1) is 0 Å². The van der Waals surface area contributed by atoms with Crippen LogP contribution in [0.1, 0.15) is 77.0 Å². The number of benzene rings is 1. The zero-order chi connectivity index (χ0) is 16.5. The fourth-order valence-corrected chi connectivity index (χ4v) is 4.21. The van der Waals surface area contributed by atoms with E-state index in [4.69, 9.17) is 0 Å². The van der Waals surface area contributed by atoms with Crippen LogP contribution in [0.4, 0.5) is 5.69 Å². The van der Waals surface area contributed by atoms with E-state index < -0.39 is 0 Å². The highest BCUT2D eigenvalue weighted by Gasteiger charge is 2.37. The molecular formula is C20H34N2. The number of anilines is 1. The Bertz CT molecular complexity index is 517. The Hall–Kier alpha value is -1.02. The maximum absolute atomic E-state index is 3.55. The van der Waals surface area contributed by atoms with E-state index in [-0.39, 0.29) is 5.54 Å². The van der Waals surface area contributed by atoms with Crippen molar-refractivity contribution in [2.24, 2.45) is 0 Å². The van der Waals surface area contributed by atoms with Crippen molar-refractivity contribution in [1.82, 2.24) is 5.32 Å². The van der Waals surface area contributed by atoms with E-state index in [1.807, 2.05) is 0 Å². The molecule has 0 unspecified atom stereocenters. The van der Waals surface area contributed by atoms with Gasteiger partial charge in [0.15, 0.2) is 0 Å². The van der Waals surface area contributed by atoms with Crippen molar-refractivity contribution >= 4 is 5.69 Å². The molecule has 1 N–H and O–H groups in total. The minimum absolute atomic E-state index is 0.231. The number of hydrogen-bond donors (Lipinski definition) is 1. The quantitative estimate of drug-likeness (QED) is 0.770. The summed E-state index contributed by atoms with van der Waals surface area (Å²) in [6, 6.07) is 5.42. The smallest absolute Gasteiger partial charge is 0.0411 e. The van der Waals surface area contributed by atoms with Gasteiger partial charge in [0.25, 0.3) is 0 Å². The molecule has 1 atom stereocenters. The fourth-order valence-electron chi connectivity index (χ4n) is 4.21. The molecule has 0 fully saturated rings. The molecule has 1 heterocycles. The standard InChI is InChI=1S/C20H34N2/c1-8-9-21-13-17-11-18-16(5)12-20(6,7)22(14(2)3)19(18)10-15(17)4/h10-11,14,16,21H,8-9,12-13H2,1-7H3/t16-/m1/s1. The van der Waals surface area contributed by atoms with E-state index in [9.17, 15) is 0 Å². The third-order valence-electron chi connectivity index (χ3n) is 4.99. The number of hydrogen-bond acceptors (Lipinski definition) is 2. The van der Waals surface area contributed by atoms with Gasteiger partial charge in [-0.25, -0.2) is 0 Å². The summed E-state index contributed by atoms with van der Waals surface area (Å²) in [5, 5.41) is 3.55. The maximum atomic E-state index is 3.55. The number of rotatable bonds is 5. The zero-order valence-electron chi connectivity index (χ0n) is 15.6. The van der Waals surface area contributed by atoms with Gasteiger partial charge in [0.2, 0.25) is 0 Å². The molecule has 1 aromatic carbocycles. The molecule has 0 saturated heterocycles. The van der Waals surface area contributed by atoms with Crippen molar-refractivity contribution in [2.75, 3.05) is 11.4 Å². The van der Waals surface area contributed by atoms with Gasteiger partial charge in [-0.1, -0.05) is 19.9 Å². The first-order valence-electron chi connectivity index (χ1n) is 8.91. The maximum Gasteiger partial charge on any atom is 0.0411 e. The second kappa shape index (κ2) is 6.62. The van der Waals surface area contributed by atoms with Crippen LogP contribution in [0.15, 0.2) is 12.1 Å². The minimum Gasteiger partial charge on any atom is -0.364 e. The molecule has 1 aliphatic rings. The van der Waals surface area contributed by atoms with Crippen molar-refractivity contribution in [3.05, 3.63) is 28.8 Å². The molecule has 1 aliphatic heterocycles. The van der Waals surface area contributed by atoms with Crippen LogP contribution in [0.2, 0.25) is 0 Å². The predicted molar refractivity (Wildman–Crippen MR) is 97.9 cm³/mol. The Kier molecular flexibility index (Phi) is 5.21. The van der Waals surface area contributed by atoms with Crippen LogP contribution in [0, 0.1) is 6.92 Å². The zero-order valence-corrected chi connectivity index (χ0v) is 15.6. The minimum atomic E-state index is 0.231. The molecule has 0 aromatic heterocycles. The number of fused-ring (bicyclic) bond motifs is 1. The van der Waals surface area contributed by atoms with Crippen LogP contribution in [0.25, 0.3) is 0 Å². The van der Waals surface area contributed by atoms with Crippen LogP contribution in [-0.2, 0) is 6.54 Å². The van der Waals surface area contributed by atoms with Crippen LogP contribution >= 0.6 is 0 Å². The molecule has 124 valence electrons. The van der Waals surface area contributed by atoms with E-state index in [2.05, 4.69) is 70.8 Å². The molecule has 0 amide bonds. The average molecular weight is 303 g/mol. The third kappa shape index (κ3) is 3.32. The largest absolute Gasteiger partial charge is 0.364 e. The molecule has 0 radical (unpaired) electrons. The Labute approximate surface area is 137 Å². The van der Waals surface area contributed by atoms with Crippen molar-refractivity contribution in [2.45, 2.75) is 85.4 Å². The van der Waals surface area contributed by atoms with Crippen LogP contribution in [0.5, 0.6) is 0 Å². The first kappa shape index (κ1) is 17.3. The van der Waals surface area contributed by atoms with Gasteiger partial charge in [-0.15, -0.1) is 0 Å². The van der Waals surface area contributed by atoms with E-state index in [0.717, 1.165) is 13.1 Å². The second-order valence-electron chi connectivity index (χ2n) is 7.90. The molecule has 2 rings (SSSR count). The van der Waals surface area contributed by atoms with Gasteiger partial charge < -0.3 is 10.2 Å². The summed E-state index contributed by atoms with van der Waals surface area (Å²) in [5.41, 5.74) is 6.09. The first-order valence-corrected chi connectivity index (χ1v) is 8.91. The summed E-state index contributed by atoms with van der Waals surface area (Å²) in [6.45, 7) is 18.3. The van der Waals surface area contributed by atoms with Gasteiger partial charge in [0, 0.05) is 23.8 Å². The molecule has 1 aromatic rings. The Morgan fingerprint density at radius 3 is 2.59 bits per heavy atom. The highest BCUT2D eigenvalue weighted by molar-refractivity contribution is 5.63. The van der Waals surface area contributed by atoms with Crippen molar-refractivity contribution in [3.8, 4) is 0 Å². The molecule has 0 saturated carbocycles. The molecule has 0 spiro atoms. The highest BCUT2D eigenvalue weighted by atomic mass is 15.2. The summed E-state index contributed by atoms with van der Waals surface area (Å²) >= 11 is 0. The number of aryl methyl sites for hydroxylation is 1. The summed E-state index contributed by atoms with van der Waals surface area (Å²) in [5.74, 6) is 0.630. The number of nitrogens with zero attached hydrogens (tertiary/aromatic N) is 1. The molecule has 22 heavy (non-hydrogen) atoms. The van der Waals surface area contributed by atoms with Crippen molar-refractivity contribution < 1.29 is 0 Å². The average Bonchev–Trinajstić information content (AvgIpc) is 2.38. The Balaban J connectivity index is 2.42. The Morgan fingerprint density at radius 2 is 2.00 bits per heavy atom. The van der Waals surface area contributed by atoms with Gasteiger partial charge in [-0.3, -0.25) is 0 Å². The second-order valence-corrected chi connectivity index (χ2v) is 7.90. The van der Waals surface area contributed by atoms with Gasteiger partial charge in [0.1, 0.15) is 0 Å². The van der Waals surface area contributed by atoms with E-state index in [1.54, 1.807) is 0 Å². The first-order chi connectivity index (χ1) is 10.3. The molecule has 0 aliphatic carbocycles. The summed E-state index contributed by atoms with van der Waals surface area (Å²) in [6.07, 6.45) is 2.42. The summed E-state index contributed by atoms with van der Waals surface area (Å²) in [4.78, 5) is 2.62. The molecular weight excluding hydrogens is 268 g/mol. The normalized spacial score (nSPS) is 20.4. The van der Waals surface area contributed by atoms with E-state index >= 15 is 0 Å². The molecule has 0 bridgehead atoms. The van der Waals surface area contributed by atoms with E-state index in [0.29, 0.717) is 12.0 Å². The Morgan fingerprint density at radius 1 is 1.32 bits per heavy atom. The van der Waals surface area contributed by atoms with Crippen LogP contribution < -0.4 is 10.2 Å². The van der Waals surface area contributed by atoms with Crippen molar-refractivity contribution in [3.63, 3.8) is 0 Å². The lowest BCUT2D eigenvalue weighted by molar-refractivity contribution is 0.355.